The summed E-state index contributed by atoms with van der Waals surface area (Å²) in [6.45, 7) is -2.08. The monoisotopic (exact) mass is 594 g/mol. The number of carbonyl (C=O) groups is 2. The van der Waals surface area contributed by atoms with E-state index in [0.717, 1.165) is 6.07 Å². The Bertz CT molecular complexity index is 1140. The standard InChI is InChI=1S/C19H16F6N2O13/c1-2-9-3-11(40-19(23,24)25)4-10-5-13(15(18(20,21)22)39-14(9)10)16(28)34-8-35-17(29)38-12(6-36-26(30)31)7-37-27(32)33/h3-5,12,15H,2,6-8H2,1H3/t15-/m0/s1. The predicted molar refractivity (Wildman–Crippen MR) is 109 cm³/mol. The van der Waals surface area contributed by atoms with Gasteiger partial charge >= 0.3 is 24.7 Å². The first-order chi connectivity index (χ1) is 18.5. The summed E-state index contributed by atoms with van der Waals surface area (Å²) in [6, 6.07) is 1.49. The summed E-state index contributed by atoms with van der Waals surface area (Å²) in [5.74, 6) is -3.04. The molecule has 1 atom stereocenters. The van der Waals surface area contributed by atoms with Crippen molar-refractivity contribution in [2.45, 2.75) is 38.1 Å². The number of rotatable bonds is 12. The van der Waals surface area contributed by atoms with Crippen LogP contribution < -0.4 is 9.47 Å². The molecule has 0 aliphatic carbocycles. The Morgan fingerprint density at radius 2 is 1.62 bits per heavy atom. The fraction of sp³-hybridized carbons (Fsp3) is 0.474. The summed E-state index contributed by atoms with van der Waals surface area (Å²) in [6.07, 6.45) is -16.3. The summed E-state index contributed by atoms with van der Waals surface area (Å²) in [4.78, 5) is 52.3. The van der Waals surface area contributed by atoms with Crippen molar-refractivity contribution in [1.29, 1.82) is 0 Å². The highest BCUT2D eigenvalue weighted by Gasteiger charge is 2.49. The fourth-order valence-corrected chi connectivity index (χ4v) is 3.01. The molecule has 0 unspecified atom stereocenters. The zero-order chi connectivity index (χ0) is 30.3. The van der Waals surface area contributed by atoms with Gasteiger partial charge in [0, 0.05) is 5.56 Å². The molecular formula is C19H16F6N2O13. The third-order valence-corrected chi connectivity index (χ3v) is 4.51. The van der Waals surface area contributed by atoms with Gasteiger partial charge in [-0.1, -0.05) is 6.92 Å². The summed E-state index contributed by atoms with van der Waals surface area (Å²) >= 11 is 0. The number of hydrogen-bond donors (Lipinski definition) is 0. The molecule has 0 radical (unpaired) electrons. The third-order valence-electron chi connectivity index (χ3n) is 4.51. The van der Waals surface area contributed by atoms with Crippen LogP contribution in [0.3, 0.4) is 0 Å². The van der Waals surface area contributed by atoms with E-state index in [-0.39, 0.29) is 17.5 Å². The van der Waals surface area contributed by atoms with Gasteiger partial charge in [-0.2, -0.15) is 13.2 Å². The van der Waals surface area contributed by atoms with Crippen LogP contribution in [-0.4, -0.2) is 67.1 Å². The Labute approximate surface area is 217 Å². The van der Waals surface area contributed by atoms with E-state index < -0.39 is 84.1 Å². The number of esters is 1. The van der Waals surface area contributed by atoms with Crippen LogP contribution >= 0.6 is 0 Å². The molecule has 0 spiro atoms. The summed E-state index contributed by atoms with van der Waals surface area (Å²) in [7, 11) is 0. The quantitative estimate of drug-likeness (QED) is 0.113. The van der Waals surface area contributed by atoms with Gasteiger partial charge in [0.25, 0.3) is 10.2 Å². The molecule has 0 bridgehead atoms. The number of hydrogen-bond acceptors (Lipinski definition) is 13. The van der Waals surface area contributed by atoms with Gasteiger partial charge in [-0.3, -0.25) is 0 Å². The van der Waals surface area contributed by atoms with E-state index in [1.54, 1.807) is 0 Å². The van der Waals surface area contributed by atoms with Crippen molar-refractivity contribution in [3.05, 3.63) is 49.1 Å². The molecule has 1 aliphatic rings. The molecule has 1 aromatic carbocycles. The lowest BCUT2D eigenvalue weighted by Crippen LogP contribution is -2.41. The minimum atomic E-state index is -5.21. The Morgan fingerprint density at radius 3 is 2.12 bits per heavy atom. The van der Waals surface area contributed by atoms with E-state index in [4.69, 9.17) is 4.74 Å². The van der Waals surface area contributed by atoms with Crippen molar-refractivity contribution in [2.24, 2.45) is 0 Å². The van der Waals surface area contributed by atoms with Crippen molar-refractivity contribution in [3.8, 4) is 11.5 Å². The lowest BCUT2D eigenvalue weighted by Gasteiger charge is -2.29. The highest BCUT2D eigenvalue weighted by atomic mass is 19.4. The fourth-order valence-electron chi connectivity index (χ4n) is 3.01. The Kier molecular flexibility index (Phi) is 10.1. The molecule has 0 amide bonds. The number of aryl methyl sites for hydroxylation is 1. The van der Waals surface area contributed by atoms with Crippen LogP contribution in [-0.2, 0) is 35.1 Å². The van der Waals surface area contributed by atoms with Gasteiger partial charge in [0.1, 0.15) is 24.7 Å². The predicted octanol–water partition coefficient (Wildman–Crippen LogP) is 3.29. The number of fused-ring (bicyclic) bond motifs is 1. The van der Waals surface area contributed by atoms with E-state index in [0.29, 0.717) is 12.1 Å². The Balaban J connectivity index is 2.17. The minimum absolute atomic E-state index is 0.0774. The van der Waals surface area contributed by atoms with Crippen LogP contribution in [0.2, 0.25) is 0 Å². The molecule has 1 aromatic rings. The first-order valence-corrected chi connectivity index (χ1v) is 10.4. The molecule has 21 heteroatoms. The number of nitrogens with zero attached hydrogens (tertiary/aromatic N) is 2. The third kappa shape index (κ3) is 9.54. The number of benzene rings is 1. The topological polar surface area (TPSA) is 185 Å². The molecule has 15 nitrogen and oxygen atoms in total. The maximum Gasteiger partial charge on any atom is 0.573 e. The van der Waals surface area contributed by atoms with Crippen LogP contribution in [0.4, 0.5) is 31.1 Å². The van der Waals surface area contributed by atoms with E-state index in [9.17, 15) is 56.2 Å². The molecule has 0 aromatic heterocycles. The van der Waals surface area contributed by atoms with Crippen LogP contribution in [0.1, 0.15) is 18.1 Å². The van der Waals surface area contributed by atoms with Gasteiger partial charge < -0.3 is 33.4 Å². The van der Waals surface area contributed by atoms with Crippen LogP contribution in [0.25, 0.3) is 6.08 Å². The van der Waals surface area contributed by atoms with Gasteiger partial charge in [0.15, 0.2) is 6.10 Å². The molecule has 222 valence electrons. The summed E-state index contributed by atoms with van der Waals surface area (Å²) in [5, 5.41) is 17.8. The first-order valence-electron chi connectivity index (χ1n) is 10.4. The maximum absolute atomic E-state index is 13.7. The molecule has 40 heavy (non-hydrogen) atoms. The summed E-state index contributed by atoms with van der Waals surface area (Å²) in [5.41, 5.74) is -1.72. The first kappa shape index (κ1) is 31.5. The average Bonchev–Trinajstić information content (AvgIpc) is 2.82. The van der Waals surface area contributed by atoms with Crippen molar-refractivity contribution >= 4 is 18.2 Å². The van der Waals surface area contributed by atoms with Crippen molar-refractivity contribution < 1.29 is 79.5 Å². The lowest BCUT2D eigenvalue weighted by molar-refractivity contribution is -0.768. The Morgan fingerprint density at radius 1 is 1.02 bits per heavy atom. The highest BCUT2D eigenvalue weighted by Crippen LogP contribution is 2.42. The van der Waals surface area contributed by atoms with Crippen molar-refractivity contribution in [3.63, 3.8) is 0 Å². The zero-order valence-electron chi connectivity index (χ0n) is 19.7. The second-order valence-corrected chi connectivity index (χ2v) is 7.26. The van der Waals surface area contributed by atoms with Gasteiger partial charge in [0.2, 0.25) is 12.9 Å². The lowest BCUT2D eigenvalue weighted by atomic mass is 9.97. The van der Waals surface area contributed by atoms with Gasteiger partial charge in [0.05, 0.1) is 5.57 Å². The largest absolute Gasteiger partial charge is 0.573 e. The second kappa shape index (κ2) is 12.9. The van der Waals surface area contributed by atoms with Gasteiger partial charge in [-0.15, -0.1) is 33.4 Å². The van der Waals surface area contributed by atoms with Gasteiger partial charge in [-0.05, 0) is 30.2 Å². The zero-order valence-corrected chi connectivity index (χ0v) is 19.7. The SMILES string of the molecule is CCc1cc(OC(F)(F)F)cc2c1O[C@H](C(F)(F)F)C(C(=O)OCOC(=O)OC(CO[N+](=O)[O-])CO[N+](=O)[O-])=C2. The van der Waals surface area contributed by atoms with E-state index in [1.807, 2.05) is 0 Å². The van der Waals surface area contributed by atoms with E-state index in [1.165, 1.54) is 6.92 Å². The Hall–Kier alpha value is -4.72. The maximum atomic E-state index is 13.7. The molecule has 0 saturated heterocycles. The smallest absolute Gasteiger partial charge is 0.475 e. The normalized spacial score (nSPS) is 14.7. The number of carbonyl (C=O) groups excluding carboxylic acids is 2. The van der Waals surface area contributed by atoms with Crippen LogP contribution in [0, 0.1) is 20.2 Å². The average molecular weight is 594 g/mol. The molecule has 0 saturated carbocycles. The number of alkyl halides is 6. The molecule has 0 N–H and O–H groups in total. The van der Waals surface area contributed by atoms with Crippen molar-refractivity contribution in [1.82, 2.24) is 0 Å². The minimum Gasteiger partial charge on any atom is -0.475 e. The van der Waals surface area contributed by atoms with E-state index in [2.05, 4.69) is 28.6 Å². The highest BCUT2D eigenvalue weighted by molar-refractivity contribution is 5.96. The number of ether oxygens (including phenoxy) is 5. The molecular weight excluding hydrogens is 578 g/mol. The second-order valence-electron chi connectivity index (χ2n) is 7.26. The molecule has 1 heterocycles. The van der Waals surface area contributed by atoms with E-state index >= 15 is 0 Å². The molecule has 2 rings (SSSR count). The summed E-state index contributed by atoms with van der Waals surface area (Å²) < 4.78 is 101. The van der Waals surface area contributed by atoms with Crippen molar-refractivity contribution in [2.75, 3.05) is 20.0 Å². The number of halogens is 6. The van der Waals surface area contributed by atoms with Crippen LogP contribution in [0.5, 0.6) is 11.5 Å². The molecule has 0 fully saturated rings. The molecule has 1 aliphatic heterocycles. The van der Waals surface area contributed by atoms with Gasteiger partial charge in [-0.25, -0.2) is 9.59 Å². The van der Waals surface area contributed by atoms with Crippen LogP contribution in [0.15, 0.2) is 17.7 Å².